The van der Waals surface area contributed by atoms with Gasteiger partial charge in [0.1, 0.15) is 17.6 Å². The molecule has 0 aliphatic carbocycles. The highest BCUT2D eigenvalue weighted by Gasteiger charge is 2.44. The Bertz CT molecular complexity index is 1170. The maximum absolute atomic E-state index is 12.5. The second-order valence-electron chi connectivity index (χ2n) is 8.66. The molecule has 2 aliphatic rings. The van der Waals surface area contributed by atoms with Gasteiger partial charge in [0, 0.05) is 12.7 Å². The third-order valence-electron chi connectivity index (χ3n) is 5.94. The summed E-state index contributed by atoms with van der Waals surface area (Å²) in [4.78, 5) is 47.7. The van der Waals surface area contributed by atoms with Gasteiger partial charge in [0.2, 0.25) is 0 Å². The predicted molar refractivity (Wildman–Crippen MR) is 134 cm³/mol. The van der Waals surface area contributed by atoms with Crippen LogP contribution in [0.5, 0.6) is 11.5 Å². The van der Waals surface area contributed by atoms with Crippen LogP contribution in [0.25, 0.3) is 0 Å². The molecule has 0 saturated carbocycles. The second-order valence-corrected chi connectivity index (χ2v) is 8.66. The van der Waals surface area contributed by atoms with E-state index in [-0.39, 0.29) is 42.5 Å². The van der Waals surface area contributed by atoms with Crippen LogP contribution in [-0.2, 0) is 28.5 Å². The molecular formula is C28H28O11. The summed E-state index contributed by atoms with van der Waals surface area (Å²) in [5, 5.41) is 0. The van der Waals surface area contributed by atoms with Crippen molar-refractivity contribution in [1.29, 1.82) is 0 Å². The first-order chi connectivity index (χ1) is 18.9. The Kier molecular flexibility index (Phi) is 9.65. The van der Waals surface area contributed by atoms with E-state index in [9.17, 15) is 19.2 Å². The highest BCUT2D eigenvalue weighted by atomic mass is 16.7. The van der Waals surface area contributed by atoms with Crippen molar-refractivity contribution in [1.82, 2.24) is 0 Å². The number of esters is 3. The molecule has 2 fully saturated rings. The molecule has 0 radical (unpaired) electrons. The van der Waals surface area contributed by atoms with Crippen LogP contribution in [0, 0.1) is 0 Å². The maximum atomic E-state index is 12.5. The summed E-state index contributed by atoms with van der Waals surface area (Å²) in [5.74, 6) is -1.24. The average Bonchev–Trinajstić information content (AvgIpc) is 3.56. The van der Waals surface area contributed by atoms with E-state index in [1.807, 2.05) is 0 Å². The minimum Gasteiger partial charge on any atom is -0.463 e. The zero-order valence-corrected chi connectivity index (χ0v) is 21.1. The van der Waals surface area contributed by atoms with E-state index in [0.29, 0.717) is 31.6 Å². The van der Waals surface area contributed by atoms with Gasteiger partial charge in [0.25, 0.3) is 0 Å². The molecule has 0 N–H and O–H groups in total. The molecule has 2 saturated heterocycles. The van der Waals surface area contributed by atoms with E-state index in [2.05, 4.69) is 6.58 Å². The van der Waals surface area contributed by atoms with Gasteiger partial charge in [0.15, 0.2) is 6.10 Å². The van der Waals surface area contributed by atoms with Crippen LogP contribution < -0.4 is 9.47 Å². The topological polar surface area (TPSA) is 133 Å². The largest absolute Gasteiger partial charge is 0.513 e. The Hall–Kier alpha value is -4.22. The Morgan fingerprint density at radius 2 is 1.44 bits per heavy atom. The van der Waals surface area contributed by atoms with Crippen LogP contribution >= 0.6 is 0 Å². The van der Waals surface area contributed by atoms with E-state index in [0.717, 1.165) is 12.5 Å². The van der Waals surface area contributed by atoms with Gasteiger partial charge in [-0.05, 0) is 67.8 Å². The van der Waals surface area contributed by atoms with Crippen molar-refractivity contribution >= 4 is 24.1 Å². The number of hydrogen-bond acceptors (Lipinski definition) is 11. The van der Waals surface area contributed by atoms with E-state index in [1.165, 1.54) is 48.5 Å². The molecule has 3 atom stereocenters. The Morgan fingerprint density at radius 3 is 2.10 bits per heavy atom. The fourth-order valence-corrected chi connectivity index (χ4v) is 3.94. The molecule has 0 amide bonds. The minimum atomic E-state index is -0.900. The van der Waals surface area contributed by atoms with Crippen molar-refractivity contribution in [3.05, 3.63) is 72.3 Å². The molecule has 0 bridgehead atoms. The fraction of sp³-hybridized carbons (Fsp3) is 0.357. The molecule has 206 valence electrons. The van der Waals surface area contributed by atoms with Crippen LogP contribution in [0.3, 0.4) is 0 Å². The average molecular weight is 541 g/mol. The summed E-state index contributed by atoms with van der Waals surface area (Å²) < 4.78 is 36.9. The lowest BCUT2D eigenvalue weighted by Gasteiger charge is -2.16. The number of carbonyl (C=O) groups is 4. The minimum absolute atomic E-state index is 0.0303. The number of carbonyl (C=O) groups excluding carboxylic acids is 4. The van der Waals surface area contributed by atoms with Gasteiger partial charge in [-0.3, -0.25) is 0 Å². The lowest BCUT2D eigenvalue weighted by Crippen LogP contribution is -2.32. The van der Waals surface area contributed by atoms with Crippen LogP contribution in [0.2, 0.25) is 0 Å². The summed E-state index contributed by atoms with van der Waals surface area (Å²) >= 11 is 0. The first kappa shape index (κ1) is 27.8. The monoisotopic (exact) mass is 540 g/mol. The molecule has 2 heterocycles. The lowest BCUT2D eigenvalue weighted by molar-refractivity contribution is -0.137. The van der Waals surface area contributed by atoms with Crippen LogP contribution in [0.15, 0.2) is 61.2 Å². The van der Waals surface area contributed by atoms with Gasteiger partial charge in [-0.15, -0.1) is 0 Å². The van der Waals surface area contributed by atoms with E-state index in [1.54, 1.807) is 0 Å². The summed E-state index contributed by atoms with van der Waals surface area (Å²) in [7, 11) is 0. The van der Waals surface area contributed by atoms with Crippen LogP contribution in [-0.4, -0.2) is 68.8 Å². The SMILES string of the molecule is C=CC(=O)OCCCCOC(=O)Oc1ccc(C(=O)Oc2ccc(C(=O)O[C@H]3CO[C@@H]4CCO[C@H]34)cc2)cc1. The molecule has 2 aromatic rings. The molecule has 11 nitrogen and oxygen atoms in total. The van der Waals surface area contributed by atoms with Crippen molar-refractivity contribution in [2.45, 2.75) is 37.6 Å². The smallest absolute Gasteiger partial charge is 0.463 e. The molecule has 0 unspecified atom stereocenters. The first-order valence-corrected chi connectivity index (χ1v) is 12.4. The standard InChI is InChI=1S/C28H28O11/c1-2-24(29)33-14-3-4-15-35-28(32)38-21-11-7-18(8-12-21)26(30)37-20-9-5-19(6-10-20)27(31)39-23-17-36-22-13-16-34-25(22)23/h2,5-12,22-23,25H,1,3-4,13-17H2/t22-,23+,25+/m1/s1. The van der Waals surface area contributed by atoms with Gasteiger partial charge in [-0.25, -0.2) is 19.2 Å². The highest BCUT2D eigenvalue weighted by molar-refractivity contribution is 5.92. The number of benzene rings is 2. The number of ether oxygens (including phenoxy) is 7. The molecule has 2 aliphatic heterocycles. The Labute approximate surface area is 224 Å². The second kappa shape index (κ2) is 13.5. The number of rotatable bonds is 11. The summed E-state index contributed by atoms with van der Waals surface area (Å²) in [6.45, 7) is 4.48. The fourth-order valence-electron chi connectivity index (χ4n) is 3.94. The van der Waals surface area contributed by atoms with E-state index in [4.69, 9.17) is 33.2 Å². The molecule has 11 heteroatoms. The van der Waals surface area contributed by atoms with Crippen LogP contribution in [0.4, 0.5) is 4.79 Å². The highest BCUT2D eigenvalue weighted by Crippen LogP contribution is 2.29. The number of fused-ring (bicyclic) bond motifs is 1. The summed E-state index contributed by atoms with van der Waals surface area (Å²) in [5.41, 5.74) is 0.529. The zero-order chi connectivity index (χ0) is 27.6. The zero-order valence-electron chi connectivity index (χ0n) is 21.1. The maximum Gasteiger partial charge on any atom is 0.513 e. The molecule has 2 aromatic carbocycles. The molecular weight excluding hydrogens is 512 g/mol. The molecule has 0 aromatic heterocycles. The number of hydrogen-bond donors (Lipinski definition) is 0. The first-order valence-electron chi connectivity index (χ1n) is 12.4. The lowest BCUT2D eigenvalue weighted by atomic mass is 10.1. The third-order valence-corrected chi connectivity index (χ3v) is 5.94. The van der Waals surface area contributed by atoms with Crippen molar-refractivity contribution in [2.24, 2.45) is 0 Å². The molecule has 0 spiro atoms. The Balaban J connectivity index is 1.18. The van der Waals surface area contributed by atoms with Crippen molar-refractivity contribution in [2.75, 3.05) is 26.4 Å². The van der Waals surface area contributed by atoms with Gasteiger partial charge < -0.3 is 33.2 Å². The van der Waals surface area contributed by atoms with Gasteiger partial charge in [-0.2, -0.15) is 0 Å². The third kappa shape index (κ3) is 7.88. The van der Waals surface area contributed by atoms with Crippen molar-refractivity contribution in [3.8, 4) is 11.5 Å². The molecule has 4 rings (SSSR count). The van der Waals surface area contributed by atoms with Gasteiger partial charge >= 0.3 is 24.1 Å². The normalized spacial score (nSPS) is 19.4. The summed E-state index contributed by atoms with van der Waals surface area (Å²) in [6.07, 6.45) is 1.26. The van der Waals surface area contributed by atoms with E-state index < -0.39 is 30.2 Å². The van der Waals surface area contributed by atoms with Crippen LogP contribution in [0.1, 0.15) is 40.0 Å². The molecule has 39 heavy (non-hydrogen) atoms. The van der Waals surface area contributed by atoms with E-state index >= 15 is 0 Å². The Morgan fingerprint density at radius 1 is 0.821 bits per heavy atom. The van der Waals surface area contributed by atoms with Gasteiger partial charge in [0.05, 0.1) is 37.1 Å². The van der Waals surface area contributed by atoms with Crippen molar-refractivity contribution in [3.63, 3.8) is 0 Å². The van der Waals surface area contributed by atoms with Gasteiger partial charge in [-0.1, -0.05) is 6.58 Å². The number of unbranched alkanes of at least 4 members (excludes halogenated alkanes) is 1. The summed E-state index contributed by atoms with van der Waals surface area (Å²) in [6, 6.07) is 11.7. The predicted octanol–water partition coefficient (Wildman–Crippen LogP) is 3.64. The quantitative estimate of drug-likeness (QED) is 0.103. The van der Waals surface area contributed by atoms with Crippen molar-refractivity contribution < 1.29 is 52.3 Å².